The predicted molar refractivity (Wildman–Crippen MR) is 162 cm³/mol. The molecule has 13 heteroatoms. The van der Waals surface area contributed by atoms with Crippen LogP contribution in [0.1, 0.15) is 58.7 Å². The topological polar surface area (TPSA) is 111 Å². The van der Waals surface area contributed by atoms with Crippen molar-refractivity contribution in [1.82, 2.24) is 24.3 Å². The third-order valence-electron chi connectivity index (χ3n) is 7.65. The molecule has 1 saturated heterocycles. The molecule has 0 aliphatic carbocycles. The predicted octanol–water partition coefficient (Wildman–Crippen LogP) is 6.72. The molecule has 0 saturated carbocycles. The van der Waals surface area contributed by atoms with Crippen LogP contribution in [0.3, 0.4) is 0 Å². The Balaban J connectivity index is 1.62. The molecule has 9 nitrogen and oxygen atoms in total. The number of nitrogens with zero attached hydrogens (tertiary/aromatic N) is 5. The number of piperidine rings is 1. The number of nitrogens with one attached hydrogen (secondary N) is 2. The molecule has 0 bridgehead atoms. The number of halogens is 3. The van der Waals surface area contributed by atoms with Crippen LogP contribution in [-0.4, -0.2) is 67.4 Å². The lowest BCUT2D eigenvalue weighted by Crippen LogP contribution is -2.57. The molecular weight excluding hydrogens is 578 g/mol. The number of hydrogen-bond donors (Lipinski definition) is 2. The van der Waals surface area contributed by atoms with Gasteiger partial charge in [-0.15, -0.1) is 0 Å². The molecule has 4 heterocycles. The molecule has 1 atom stereocenters. The number of H-pyrrole nitrogens is 1. The quantitative estimate of drug-likeness (QED) is 0.247. The number of nitriles is 1. The van der Waals surface area contributed by atoms with E-state index in [9.17, 15) is 23.2 Å². The Morgan fingerprint density at radius 1 is 1.26 bits per heavy atom. The van der Waals surface area contributed by atoms with Gasteiger partial charge in [0.25, 0.3) is 0 Å². The smallest absolute Gasteiger partial charge is 0.433 e. The summed E-state index contributed by atoms with van der Waals surface area (Å²) < 4.78 is 50.8. The second-order valence-electron chi connectivity index (χ2n) is 12.7. The van der Waals surface area contributed by atoms with Crippen LogP contribution in [0.15, 0.2) is 30.7 Å². The van der Waals surface area contributed by atoms with Crippen molar-refractivity contribution in [2.45, 2.75) is 70.8 Å². The van der Waals surface area contributed by atoms with Gasteiger partial charge in [0, 0.05) is 53.0 Å². The van der Waals surface area contributed by atoms with Crippen LogP contribution < -0.4 is 10.6 Å². The van der Waals surface area contributed by atoms with Gasteiger partial charge >= 0.3 is 12.3 Å². The van der Waals surface area contributed by atoms with Crippen LogP contribution in [0.5, 0.6) is 0 Å². The van der Waals surface area contributed by atoms with Gasteiger partial charge in [0.2, 0.25) is 0 Å². The highest BCUT2D eigenvalue weighted by molar-refractivity contribution is 7.64. The van der Waals surface area contributed by atoms with Gasteiger partial charge in [0.15, 0.2) is 17.2 Å². The Morgan fingerprint density at radius 2 is 1.98 bits per heavy atom. The van der Waals surface area contributed by atoms with E-state index < -0.39 is 37.0 Å². The Hall–Kier alpha value is -3.84. The molecule has 4 aromatic rings. The van der Waals surface area contributed by atoms with Gasteiger partial charge in [-0.25, -0.2) is 14.8 Å². The molecule has 0 radical (unpaired) electrons. The molecule has 1 aliphatic rings. The second kappa shape index (κ2) is 10.7. The summed E-state index contributed by atoms with van der Waals surface area (Å²) in [7, 11) is -0.740. The fourth-order valence-electron chi connectivity index (χ4n) is 5.65. The van der Waals surface area contributed by atoms with Crippen molar-refractivity contribution in [2.24, 2.45) is 0 Å². The number of amides is 1. The first-order valence-electron chi connectivity index (χ1n) is 13.9. The van der Waals surface area contributed by atoms with E-state index in [0.717, 1.165) is 9.71 Å². The van der Waals surface area contributed by atoms with Crippen molar-refractivity contribution in [3.8, 4) is 17.3 Å². The first-order valence-corrected chi connectivity index (χ1v) is 16.2. The van der Waals surface area contributed by atoms with Gasteiger partial charge in [-0.2, -0.15) is 18.4 Å². The van der Waals surface area contributed by atoms with Crippen LogP contribution in [0.25, 0.3) is 27.8 Å². The lowest BCUT2D eigenvalue weighted by atomic mass is 9.88. The number of anilines is 1. The van der Waals surface area contributed by atoms with E-state index in [0.29, 0.717) is 29.3 Å². The molecule has 1 aliphatic heterocycles. The first kappa shape index (κ1) is 30.6. The number of benzene rings is 1. The van der Waals surface area contributed by atoms with Crippen molar-refractivity contribution in [1.29, 1.82) is 5.26 Å². The monoisotopic (exact) mass is 613 g/mol. The van der Waals surface area contributed by atoms with Gasteiger partial charge in [0.1, 0.15) is 11.3 Å². The van der Waals surface area contributed by atoms with E-state index in [1.807, 2.05) is 27.2 Å². The summed E-state index contributed by atoms with van der Waals surface area (Å²) in [5.41, 5.74) is -0.947. The number of hydrogen-bond acceptors (Lipinski definition) is 6. The number of ether oxygens (including phenoxy) is 1. The van der Waals surface area contributed by atoms with Gasteiger partial charge < -0.3 is 19.9 Å². The third kappa shape index (κ3) is 5.75. The van der Waals surface area contributed by atoms with Gasteiger partial charge in [-0.1, -0.05) is 14.0 Å². The van der Waals surface area contributed by atoms with Crippen molar-refractivity contribution < 1.29 is 22.7 Å². The average Bonchev–Trinajstić information content (AvgIpc) is 3.54. The van der Waals surface area contributed by atoms with Gasteiger partial charge in [-0.05, 0) is 66.9 Å². The lowest BCUT2D eigenvalue weighted by molar-refractivity contribution is -0.141. The van der Waals surface area contributed by atoms with Crippen molar-refractivity contribution in [3.05, 3.63) is 42.0 Å². The first-order chi connectivity index (χ1) is 20.0. The minimum atomic E-state index is -4.75. The SMILES string of the molecule is CP(C)c1c(C#N)ccc2c(-c3nc(NC4CCC(C)(C)N(C(=O)OC(C)(C)C)C4)c4nccn4c3C(F)(F)F)c[nH]c12. The molecule has 0 spiro atoms. The van der Waals surface area contributed by atoms with E-state index in [2.05, 4.69) is 26.3 Å². The molecule has 1 amide bonds. The molecule has 2 N–H and O–H groups in total. The zero-order valence-electron chi connectivity index (χ0n) is 25.2. The fraction of sp³-hybridized carbons (Fsp3) is 0.467. The number of carbonyl (C=O) groups excluding carboxylic acids is 1. The summed E-state index contributed by atoms with van der Waals surface area (Å²) in [6, 6.07) is 5.20. The molecule has 3 aromatic heterocycles. The molecule has 228 valence electrons. The lowest BCUT2D eigenvalue weighted by Gasteiger charge is -2.45. The number of aromatic amines is 1. The summed E-state index contributed by atoms with van der Waals surface area (Å²) in [5.74, 6) is 0.179. The van der Waals surface area contributed by atoms with Gasteiger partial charge in [0.05, 0.1) is 17.1 Å². The largest absolute Gasteiger partial charge is 0.444 e. The van der Waals surface area contributed by atoms with Crippen molar-refractivity contribution in [2.75, 3.05) is 25.2 Å². The number of fused-ring (bicyclic) bond motifs is 2. The molecule has 1 unspecified atom stereocenters. The number of aromatic nitrogens is 4. The number of imidazole rings is 1. The van der Waals surface area contributed by atoms with E-state index in [4.69, 9.17) is 4.74 Å². The van der Waals surface area contributed by atoms with Crippen LogP contribution in [0, 0.1) is 11.3 Å². The Kier molecular flexibility index (Phi) is 7.62. The minimum absolute atomic E-state index is 0.0302. The minimum Gasteiger partial charge on any atom is -0.444 e. The Morgan fingerprint density at radius 3 is 2.60 bits per heavy atom. The number of rotatable bonds is 4. The summed E-state index contributed by atoms with van der Waals surface area (Å²) in [6.45, 7) is 13.6. The Labute approximate surface area is 249 Å². The fourth-order valence-corrected chi connectivity index (χ4v) is 6.89. The summed E-state index contributed by atoms with van der Waals surface area (Å²) in [6.07, 6.45) is 0.208. The molecule has 1 aromatic carbocycles. The van der Waals surface area contributed by atoms with E-state index in [1.165, 1.54) is 18.6 Å². The summed E-state index contributed by atoms with van der Waals surface area (Å²) in [4.78, 5) is 26.7. The number of carbonyl (C=O) groups is 1. The van der Waals surface area contributed by atoms with Gasteiger partial charge in [-0.3, -0.25) is 4.40 Å². The maximum Gasteiger partial charge on any atom is 0.433 e. The molecular formula is C30H35F3N7O2P. The van der Waals surface area contributed by atoms with Crippen LogP contribution in [0.4, 0.5) is 23.8 Å². The second-order valence-corrected chi connectivity index (χ2v) is 14.9. The summed E-state index contributed by atoms with van der Waals surface area (Å²) >= 11 is 0. The van der Waals surface area contributed by atoms with E-state index in [1.54, 1.807) is 37.8 Å². The van der Waals surface area contributed by atoms with Crippen molar-refractivity contribution in [3.63, 3.8) is 0 Å². The molecule has 5 rings (SSSR count). The average molecular weight is 614 g/mol. The molecule has 43 heavy (non-hydrogen) atoms. The maximum atomic E-state index is 14.7. The molecule has 1 fully saturated rings. The number of likely N-dealkylation sites (tertiary alicyclic amines) is 1. The zero-order valence-corrected chi connectivity index (χ0v) is 26.1. The zero-order chi connectivity index (χ0) is 31.5. The van der Waals surface area contributed by atoms with E-state index >= 15 is 0 Å². The third-order valence-corrected chi connectivity index (χ3v) is 9.01. The summed E-state index contributed by atoms with van der Waals surface area (Å²) in [5, 5.41) is 14.3. The highest BCUT2D eigenvalue weighted by atomic mass is 31.1. The van der Waals surface area contributed by atoms with Crippen LogP contribution in [-0.2, 0) is 10.9 Å². The van der Waals surface area contributed by atoms with E-state index in [-0.39, 0.29) is 35.3 Å². The highest BCUT2D eigenvalue weighted by Crippen LogP contribution is 2.42. The Bertz CT molecular complexity index is 1740. The normalized spacial score (nSPS) is 17.4. The standard InChI is InChI=1S/C30H35F3N7O2P/c1-28(2,3)42-27(41)40-16-18(10-11-29(40,4)5)37-25-26-35-12-13-39(26)24(30(31,32)33)22(38-25)20-15-36-21-19(20)9-8-17(14-34)23(21)43(6)7/h8-9,12-13,15,18,36H,10-11,16H2,1-7H3,(H,37,38). The number of alkyl halides is 3. The van der Waals surface area contributed by atoms with Crippen molar-refractivity contribution >= 4 is 41.7 Å². The maximum absolute atomic E-state index is 14.7. The van der Waals surface area contributed by atoms with Crippen LogP contribution in [0.2, 0.25) is 0 Å². The highest BCUT2D eigenvalue weighted by Gasteiger charge is 2.42. The van der Waals surface area contributed by atoms with Crippen LogP contribution >= 0.6 is 7.92 Å².